The second-order valence-electron chi connectivity index (χ2n) is 5.42. The first-order valence-corrected chi connectivity index (χ1v) is 7.85. The third-order valence-electron chi connectivity index (χ3n) is 3.71. The number of aromatic nitrogens is 1. The van der Waals surface area contributed by atoms with Crippen LogP contribution >= 0.6 is 28.3 Å². The van der Waals surface area contributed by atoms with E-state index in [1.165, 1.54) is 21.6 Å². The Morgan fingerprint density at radius 3 is 2.68 bits per heavy atom. The Morgan fingerprint density at radius 1 is 1.05 bits per heavy atom. The highest BCUT2D eigenvalue weighted by atomic mass is 79.9. The molecule has 0 amide bonds. The summed E-state index contributed by atoms with van der Waals surface area (Å²) in [5, 5.41) is 1.14. The fourth-order valence-electron chi connectivity index (χ4n) is 2.80. The molecule has 0 spiro atoms. The summed E-state index contributed by atoms with van der Waals surface area (Å²) in [4.78, 5) is 6.01. The van der Waals surface area contributed by atoms with Gasteiger partial charge in [-0.05, 0) is 55.3 Å². The van der Waals surface area contributed by atoms with Crippen molar-refractivity contribution in [1.29, 1.82) is 0 Å². The molecule has 0 saturated heterocycles. The van der Waals surface area contributed by atoms with E-state index in [4.69, 9.17) is 4.74 Å². The lowest BCUT2D eigenvalue weighted by Crippen LogP contribution is -1.88. The first-order chi connectivity index (χ1) is 10.2. The zero-order valence-electron chi connectivity index (χ0n) is 12.4. The Labute approximate surface area is 144 Å². The molecule has 2 nitrogen and oxygen atoms in total. The quantitative estimate of drug-likeness (QED) is 0.449. The van der Waals surface area contributed by atoms with Crippen LogP contribution in [0.15, 0.2) is 42.5 Å². The maximum Gasteiger partial charge on any atom is 0.127 e. The molecule has 4 heteroatoms. The second-order valence-corrected chi connectivity index (χ2v) is 6.71. The summed E-state index contributed by atoms with van der Waals surface area (Å²) in [5.41, 5.74) is 4.94. The van der Waals surface area contributed by atoms with Gasteiger partial charge in [0.25, 0.3) is 0 Å². The zero-order valence-corrected chi connectivity index (χ0v) is 15.0. The molecule has 0 fully saturated rings. The van der Waals surface area contributed by atoms with Crippen molar-refractivity contribution >= 4 is 28.3 Å². The van der Waals surface area contributed by atoms with Crippen LogP contribution in [0.1, 0.15) is 21.0 Å². The van der Waals surface area contributed by atoms with Crippen LogP contribution in [-0.4, -0.2) is 4.98 Å². The molecule has 22 heavy (non-hydrogen) atoms. The van der Waals surface area contributed by atoms with Crippen LogP contribution in [0.5, 0.6) is 11.5 Å². The van der Waals surface area contributed by atoms with Crippen LogP contribution < -0.4 is 4.74 Å². The molecule has 0 N–H and O–H groups in total. The van der Waals surface area contributed by atoms with Gasteiger partial charge in [-0.25, -0.2) is 4.98 Å². The van der Waals surface area contributed by atoms with E-state index in [2.05, 4.69) is 43.1 Å². The van der Waals surface area contributed by atoms with Crippen LogP contribution in [0.25, 0.3) is 11.3 Å². The van der Waals surface area contributed by atoms with Crippen molar-refractivity contribution in [1.82, 2.24) is 4.98 Å². The molecule has 112 valence electrons. The number of fused-ring (bicyclic) bond motifs is 3. The van der Waals surface area contributed by atoms with Crippen molar-refractivity contribution < 1.29 is 4.74 Å². The van der Waals surface area contributed by atoms with Gasteiger partial charge in [0.2, 0.25) is 0 Å². The minimum Gasteiger partial charge on any atom is -0.457 e. The molecule has 3 aromatic rings. The predicted octanol–water partition coefficient (Wildman–Crippen LogP) is 5.70. The van der Waals surface area contributed by atoms with E-state index >= 15 is 0 Å². The van der Waals surface area contributed by atoms with Gasteiger partial charge in [-0.15, -0.1) is 28.3 Å². The minimum absolute atomic E-state index is 0. The average Bonchev–Trinajstić information content (AvgIpc) is 2.94. The molecule has 0 atom stereocenters. The number of ether oxygens (including phenoxy) is 1. The van der Waals surface area contributed by atoms with Gasteiger partial charge < -0.3 is 4.74 Å². The third kappa shape index (κ3) is 2.69. The SMILES string of the molecule is Br.Cc1cccc(Oc2ccc3c(c2)Cc2sc(C)nc2-3)c1. The van der Waals surface area contributed by atoms with Crippen LogP contribution in [0.4, 0.5) is 0 Å². The van der Waals surface area contributed by atoms with E-state index in [-0.39, 0.29) is 17.0 Å². The lowest BCUT2D eigenvalue weighted by Gasteiger charge is -2.08. The molecule has 4 rings (SSSR count). The summed E-state index contributed by atoms with van der Waals surface area (Å²) in [6, 6.07) is 14.4. The number of rotatable bonds is 2. The van der Waals surface area contributed by atoms with Gasteiger partial charge in [0.15, 0.2) is 0 Å². The fraction of sp³-hybridized carbons (Fsp3) is 0.167. The van der Waals surface area contributed by atoms with E-state index in [9.17, 15) is 0 Å². The molecule has 1 aromatic heterocycles. The maximum atomic E-state index is 5.97. The molecule has 0 bridgehead atoms. The molecule has 0 saturated carbocycles. The highest BCUT2D eigenvalue weighted by molar-refractivity contribution is 8.93. The number of hydrogen-bond donors (Lipinski definition) is 0. The van der Waals surface area contributed by atoms with Crippen molar-refractivity contribution in [3.63, 3.8) is 0 Å². The Hall–Kier alpha value is -1.65. The summed E-state index contributed by atoms with van der Waals surface area (Å²) < 4.78 is 5.97. The first-order valence-electron chi connectivity index (χ1n) is 7.03. The van der Waals surface area contributed by atoms with E-state index in [1.807, 2.05) is 18.2 Å². The van der Waals surface area contributed by atoms with Gasteiger partial charge in [-0.2, -0.15) is 0 Å². The third-order valence-corrected chi connectivity index (χ3v) is 4.68. The molecule has 1 aliphatic rings. The first kappa shape index (κ1) is 15.3. The molecule has 0 aliphatic heterocycles. The number of benzene rings is 2. The van der Waals surface area contributed by atoms with Crippen LogP contribution in [0.2, 0.25) is 0 Å². The van der Waals surface area contributed by atoms with Crippen molar-refractivity contribution in [3.05, 3.63) is 63.5 Å². The summed E-state index contributed by atoms with van der Waals surface area (Å²) >= 11 is 1.79. The largest absolute Gasteiger partial charge is 0.457 e. The van der Waals surface area contributed by atoms with E-state index < -0.39 is 0 Å². The zero-order chi connectivity index (χ0) is 14.4. The monoisotopic (exact) mass is 373 g/mol. The topological polar surface area (TPSA) is 22.1 Å². The maximum absolute atomic E-state index is 5.97. The Bertz CT molecular complexity index is 841. The number of hydrogen-bond acceptors (Lipinski definition) is 3. The molecule has 0 unspecified atom stereocenters. The second kappa shape index (κ2) is 5.86. The number of halogens is 1. The van der Waals surface area contributed by atoms with Crippen molar-refractivity contribution in [3.8, 4) is 22.8 Å². The summed E-state index contributed by atoms with van der Waals surface area (Å²) in [7, 11) is 0. The molecule has 2 aromatic carbocycles. The summed E-state index contributed by atoms with van der Waals surface area (Å²) in [6.45, 7) is 4.14. The Balaban J connectivity index is 0.00000144. The lowest BCUT2D eigenvalue weighted by atomic mass is 10.1. The number of nitrogens with zero attached hydrogens (tertiary/aromatic N) is 1. The van der Waals surface area contributed by atoms with Crippen LogP contribution in [0.3, 0.4) is 0 Å². The van der Waals surface area contributed by atoms with E-state index in [0.717, 1.165) is 28.6 Å². The van der Waals surface area contributed by atoms with Gasteiger partial charge in [-0.3, -0.25) is 0 Å². The van der Waals surface area contributed by atoms with E-state index in [1.54, 1.807) is 11.3 Å². The normalized spacial score (nSPS) is 11.5. The predicted molar refractivity (Wildman–Crippen MR) is 96.7 cm³/mol. The average molecular weight is 374 g/mol. The highest BCUT2D eigenvalue weighted by Gasteiger charge is 2.22. The Kier molecular flexibility index (Phi) is 4.06. The smallest absolute Gasteiger partial charge is 0.127 e. The van der Waals surface area contributed by atoms with Gasteiger partial charge >= 0.3 is 0 Å². The molecular weight excluding hydrogens is 358 g/mol. The lowest BCUT2D eigenvalue weighted by molar-refractivity contribution is 0.482. The van der Waals surface area contributed by atoms with Crippen molar-refractivity contribution in [2.45, 2.75) is 20.3 Å². The van der Waals surface area contributed by atoms with Gasteiger partial charge in [0, 0.05) is 16.9 Å². The van der Waals surface area contributed by atoms with Crippen molar-refractivity contribution in [2.75, 3.05) is 0 Å². The van der Waals surface area contributed by atoms with Gasteiger partial charge in [-0.1, -0.05) is 12.1 Å². The van der Waals surface area contributed by atoms with Gasteiger partial charge in [0.1, 0.15) is 11.5 Å². The van der Waals surface area contributed by atoms with Gasteiger partial charge in [0.05, 0.1) is 10.7 Å². The summed E-state index contributed by atoms with van der Waals surface area (Å²) in [5.74, 6) is 1.78. The van der Waals surface area contributed by atoms with Crippen LogP contribution in [0, 0.1) is 13.8 Å². The van der Waals surface area contributed by atoms with Crippen LogP contribution in [-0.2, 0) is 6.42 Å². The minimum atomic E-state index is 0. The standard InChI is InChI=1S/C18H15NOS.BrH/c1-11-4-3-5-14(8-11)20-15-6-7-16-13(9-15)10-17-18(16)19-12(2)21-17;/h3-9H,10H2,1-2H3;1H. The van der Waals surface area contributed by atoms with E-state index in [0.29, 0.717) is 0 Å². The molecular formula is C18H16BrNOS. The number of thiazole rings is 1. The molecule has 1 aliphatic carbocycles. The molecule has 1 heterocycles. The van der Waals surface area contributed by atoms with Crippen molar-refractivity contribution in [2.24, 2.45) is 0 Å². The Morgan fingerprint density at radius 2 is 1.86 bits per heavy atom. The highest BCUT2D eigenvalue weighted by Crippen LogP contribution is 2.41. The molecule has 0 radical (unpaired) electrons. The summed E-state index contributed by atoms with van der Waals surface area (Å²) in [6.07, 6.45) is 0.973. The number of aryl methyl sites for hydroxylation is 2. The fourth-order valence-corrected chi connectivity index (χ4v) is 3.77.